The zero-order chi connectivity index (χ0) is 13.7. The van der Waals surface area contributed by atoms with Crippen molar-refractivity contribution in [3.63, 3.8) is 0 Å². The van der Waals surface area contributed by atoms with Crippen LogP contribution in [0.3, 0.4) is 0 Å². The summed E-state index contributed by atoms with van der Waals surface area (Å²) in [6.45, 7) is 2.14. The average Bonchev–Trinajstić information content (AvgIpc) is 2.42. The van der Waals surface area contributed by atoms with Crippen molar-refractivity contribution >= 4 is 0 Å². The number of phenolic OH excluding ortho intramolecular Hbond substituents is 2. The van der Waals surface area contributed by atoms with Crippen molar-refractivity contribution in [1.82, 2.24) is 0 Å². The van der Waals surface area contributed by atoms with E-state index in [9.17, 15) is 10.2 Å². The van der Waals surface area contributed by atoms with E-state index < -0.39 is 0 Å². The minimum atomic E-state index is -0.0645. The summed E-state index contributed by atoms with van der Waals surface area (Å²) >= 11 is 0. The van der Waals surface area contributed by atoms with Gasteiger partial charge in [-0.05, 0) is 36.6 Å². The van der Waals surface area contributed by atoms with Crippen molar-refractivity contribution in [1.29, 1.82) is 0 Å². The van der Waals surface area contributed by atoms with Crippen LogP contribution < -0.4 is 4.74 Å². The monoisotopic (exact) mass is 258 g/mol. The van der Waals surface area contributed by atoms with Gasteiger partial charge in [-0.15, -0.1) is 0 Å². The predicted octanol–water partition coefficient (Wildman–Crippen LogP) is 4.23. The van der Waals surface area contributed by atoms with Gasteiger partial charge in [0.15, 0.2) is 11.5 Å². The Morgan fingerprint density at radius 1 is 0.947 bits per heavy atom. The Hall–Kier alpha value is -2.16. The molecule has 2 rings (SSSR count). The minimum Gasteiger partial charge on any atom is -0.504 e. The summed E-state index contributed by atoms with van der Waals surface area (Å²) in [5, 5.41) is 19.5. The van der Waals surface area contributed by atoms with E-state index in [4.69, 9.17) is 4.74 Å². The number of ether oxygens (including phenoxy) is 1. The molecule has 3 heteroatoms. The summed E-state index contributed by atoms with van der Waals surface area (Å²) in [6.07, 6.45) is 3.10. The number of aryl methyl sites for hydroxylation is 1. The number of phenols is 2. The van der Waals surface area contributed by atoms with Gasteiger partial charge in [-0.1, -0.05) is 37.6 Å². The van der Waals surface area contributed by atoms with Crippen LogP contribution in [0, 0.1) is 0 Å². The number of hydrogen-bond acceptors (Lipinski definition) is 3. The molecule has 2 aromatic carbocycles. The van der Waals surface area contributed by atoms with Crippen molar-refractivity contribution in [3.05, 3.63) is 48.0 Å². The van der Waals surface area contributed by atoms with Gasteiger partial charge in [-0.2, -0.15) is 0 Å². The van der Waals surface area contributed by atoms with E-state index in [2.05, 4.69) is 6.92 Å². The fourth-order valence-electron chi connectivity index (χ4n) is 1.90. The molecule has 0 bridgehead atoms. The molecule has 0 aromatic heterocycles. The standard InChI is InChI=1S/C16H18O3/c1-2-3-7-12-8-4-5-11-15(12)19-16-13(17)9-6-10-14(16)18/h4-6,8-11,17-18H,2-3,7H2,1H3. The van der Waals surface area contributed by atoms with Crippen LogP contribution in [0.1, 0.15) is 25.3 Å². The van der Waals surface area contributed by atoms with Gasteiger partial charge >= 0.3 is 0 Å². The van der Waals surface area contributed by atoms with Crippen molar-refractivity contribution in [2.75, 3.05) is 0 Å². The molecule has 0 saturated carbocycles. The lowest BCUT2D eigenvalue weighted by atomic mass is 10.1. The highest BCUT2D eigenvalue weighted by Crippen LogP contribution is 2.39. The third kappa shape index (κ3) is 3.19. The van der Waals surface area contributed by atoms with Gasteiger partial charge in [-0.3, -0.25) is 0 Å². The summed E-state index contributed by atoms with van der Waals surface area (Å²) in [5.41, 5.74) is 1.08. The van der Waals surface area contributed by atoms with Gasteiger partial charge in [0.2, 0.25) is 5.75 Å². The number of rotatable bonds is 5. The van der Waals surface area contributed by atoms with Gasteiger partial charge < -0.3 is 14.9 Å². The normalized spacial score (nSPS) is 10.4. The van der Waals surface area contributed by atoms with Gasteiger partial charge in [0.05, 0.1) is 0 Å². The van der Waals surface area contributed by atoms with Crippen molar-refractivity contribution in [3.8, 4) is 23.0 Å². The second-order valence-corrected chi connectivity index (χ2v) is 4.44. The largest absolute Gasteiger partial charge is 0.504 e. The van der Waals surface area contributed by atoms with Gasteiger partial charge in [0, 0.05) is 0 Å². The van der Waals surface area contributed by atoms with E-state index in [1.54, 1.807) is 6.07 Å². The summed E-state index contributed by atoms with van der Waals surface area (Å²) in [6, 6.07) is 12.2. The van der Waals surface area contributed by atoms with Crippen molar-refractivity contribution in [2.45, 2.75) is 26.2 Å². The third-order valence-electron chi connectivity index (χ3n) is 2.96. The molecule has 0 amide bonds. The lowest BCUT2D eigenvalue weighted by Crippen LogP contribution is -1.92. The molecular formula is C16H18O3. The highest BCUT2D eigenvalue weighted by molar-refractivity contribution is 5.52. The molecular weight excluding hydrogens is 240 g/mol. The average molecular weight is 258 g/mol. The van der Waals surface area contributed by atoms with E-state index in [0.717, 1.165) is 24.8 Å². The van der Waals surface area contributed by atoms with Gasteiger partial charge in [-0.25, -0.2) is 0 Å². The highest BCUT2D eigenvalue weighted by Gasteiger charge is 2.11. The topological polar surface area (TPSA) is 49.7 Å². The predicted molar refractivity (Wildman–Crippen MR) is 74.9 cm³/mol. The zero-order valence-electron chi connectivity index (χ0n) is 11.0. The summed E-state index contributed by atoms with van der Waals surface area (Å²) < 4.78 is 5.67. The lowest BCUT2D eigenvalue weighted by molar-refractivity contribution is 0.374. The smallest absolute Gasteiger partial charge is 0.210 e. The molecule has 0 atom stereocenters. The van der Waals surface area contributed by atoms with Crippen LogP contribution in [0.15, 0.2) is 42.5 Å². The fourth-order valence-corrected chi connectivity index (χ4v) is 1.90. The van der Waals surface area contributed by atoms with Crippen LogP contribution in [0.2, 0.25) is 0 Å². The Morgan fingerprint density at radius 3 is 2.32 bits per heavy atom. The first-order valence-corrected chi connectivity index (χ1v) is 6.49. The zero-order valence-corrected chi connectivity index (χ0v) is 11.0. The van der Waals surface area contributed by atoms with Crippen LogP contribution in [-0.2, 0) is 6.42 Å². The fraction of sp³-hybridized carbons (Fsp3) is 0.250. The molecule has 0 spiro atoms. The number of para-hydroxylation sites is 2. The first-order valence-electron chi connectivity index (χ1n) is 6.49. The first kappa shape index (κ1) is 13.3. The molecule has 0 heterocycles. The quantitative estimate of drug-likeness (QED) is 0.843. The van der Waals surface area contributed by atoms with Crippen LogP contribution in [0.25, 0.3) is 0 Å². The molecule has 0 aliphatic heterocycles. The minimum absolute atomic E-state index is 0.0645. The Kier molecular flexibility index (Phi) is 4.29. The van der Waals surface area contributed by atoms with E-state index in [1.165, 1.54) is 12.1 Å². The van der Waals surface area contributed by atoms with E-state index in [-0.39, 0.29) is 17.2 Å². The van der Waals surface area contributed by atoms with E-state index in [1.807, 2.05) is 24.3 Å². The maximum atomic E-state index is 9.73. The Morgan fingerprint density at radius 2 is 1.63 bits per heavy atom. The summed E-state index contributed by atoms with van der Waals surface area (Å²) in [4.78, 5) is 0. The molecule has 0 fully saturated rings. The van der Waals surface area contributed by atoms with Crippen LogP contribution in [0.5, 0.6) is 23.0 Å². The molecule has 19 heavy (non-hydrogen) atoms. The number of benzene rings is 2. The van der Waals surface area contributed by atoms with Gasteiger partial charge in [0.1, 0.15) is 5.75 Å². The Bertz CT molecular complexity index is 529. The van der Waals surface area contributed by atoms with Crippen LogP contribution in [-0.4, -0.2) is 10.2 Å². The maximum Gasteiger partial charge on any atom is 0.210 e. The molecule has 0 aliphatic rings. The number of aromatic hydroxyl groups is 2. The SMILES string of the molecule is CCCCc1ccccc1Oc1c(O)cccc1O. The molecule has 2 aromatic rings. The number of unbranched alkanes of at least 4 members (excludes halogenated alkanes) is 1. The van der Waals surface area contributed by atoms with Crippen LogP contribution in [0.4, 0.5) is 0 Å². The number of hydrogen-bond donors (Lipinski definition) is 2. The molecule has 0 radical (unpaired) electrons. The highest BCUT2D eigenvalue weighted by atomic mass is 16.5. The lowest BCUT2D eigenvalue weighted by Gasteiger charge is -2.12. The molecule has 100 valence electrons. The Labute approximate surface area is 113 Å². The Balaban J connectivity index is 2.28. The van der Waals surface area contributed by atoms with E-state index >= 15 is 0 Å². The summed E-state index contributed by atoms with van der Waals surface area (Å²) in [5.74, 6) is 0.648. The second kappa shape index (κ2) is 6.14. The molecule has 0 saturated heterocycles. The van der Waals surface area contributed by atoms with Crippen molar-refractivity contribution in [2.24, 2.45) is 0 Å². The van der Waals surface area contributed by atoms with Gasteiger partial charge in [0.25, 0.3) is 0 Å². The second-order valence-electron chi connectivity index (χ2n) is 4.44. The molecule has 0 unspecified atom stereocenters. The van der Waals surface area contributed by atoms with Crippen molar-refractivity contribution < 1.29 is 14.9 Å². The third-order valence-corrected chi connectivity index (χ3v) is 2.96. The molecule has 0 aliphatic carbocycles. The molecule has 2 N–H and O–H groups in total. The first-order chi connectivity index (χ1) is 9.22. The van der Waals surface area contributed by atoms with Crippen LogP contribution >= 0.6 is 0 Å². The summed E-state index contributed by atoms with van der Waals surface area (Å²) in [7, 11) is 0. The maximum absolute atomic E-state index is 9.73. The molecule has 3 nitrogen and oxygen atoms in total. The van der Waals surface area contributed by atoms with E-state index in [0.29, 0.717) is 5.75 Å².